The summed E-state index contributed by atoms with van der Waals surface area (Å²) in [5.41, 5.74) is 9.71. The van der Waals surface area contributed by atoms with Gasteiger partial charge in [0.1, 0.15) is 0 Å². The summed E-state index contributed by atoms with van der Waals surface area (Å²) in [5, 5.41) is 0.748. The Balaban J connectivity index is 2.25. The summed E-state index contributed by atoms with van der Waals surface area (Å²) < 4.78 is 2.07. The van der Waals surface area contributed by atoms with E-state index < -0.39 is 0 Å². The normalized spacial score (nSPS) is 12.5. The quantitative estimate of drug-likeness (QED) is 0.728. The molecule has 0 aliphatic rings. The summed E-state index contributed by atoms with van der Waals surface area (Å²) in [5.74, 6) is 0. The summed E-state index contributed by atoms with van der Waals surface area (Å²) in [4.78, 5) is 0. The van der Waals surface area contributed by atoms with Gasteiger partial charge in [-0.25, -0.2) is 0 Å². The van der Waals surface area contributed by atoms with Crippen LogP contribution in [-0.4, -0.2) is 0 Å². The van der Waals surface area contributed by atoms with Crippen molar-refractivity contribution >= 4 is 43.5 Å². The van der Waals surface area contributed by atoms with Crippen molar-refractivity contribution in [2.24, 2.45) is 5.73 Å². The molecule has 0 saturated heterocycles. The Morgan fingerprint density at radius 3 is 2.63 bits per heavy atom. The van der Waals surface area contributed by atoms with Gasteiger partial charge in [-0.2, -0.15) is 0 Å². The summed E-state index contributed by atoms with van der Waals surface area (Å²) >= 11 is 13.2. The van der Waals surface area contributed by atoms with Crippen molar-refractivity contribution in [1.29, 1.82) is 0 Å². The van der Waals surface area contributed by atoms with Gasteiger partial charge in [-0.1, -0.05) is 61.7 Å². The highest BCUT2D eigenvalue weighted by atomic mass is 79.9. The molecule has 2 N–H and O–H groups in total. The molecular formula is C15H14Br2ClN. The van der Waals surface area contributed by atoms with Gasteiger partial charge in [0.05, 0.1) is 0 Å². The molecule has 2 rings (SSSR count). The van der Waals surface area contributed by atoms with Crippen LogP contribution in [0.25, 0.3) is 0 Å². The minimum atomic E-state index is -0.0591. The van der Waals surface area contributed by atoms with Gasteiger partial charge in [-0.3, -0.25) is 0 Å². The second-order valence-electron chi connectivity index (χ2n) is 4.50. The zero-order chi connectivity index (χ0) is 14.0. The first-order chi connectivity index (χ1) is 8.99. The molecule has 100 valence electrons. The van der Waals surface area contributed by atoms with E-state index in [-0.39, 0.29) is 6.04 Å². The lowest BCUT2D eigenvalue weighted by molar-refractivity contribution is 0.716. The van der Waals surface area contributed by atoms with Crippen molar-refractivity contribution in [3.63, 3.8) is 0 Å². The van der Waals surface area contributed by atoms with Gasteiger partial charge in [0.2, 0.25) is 0 Å². The molecule has 0 saturated carbocycles. The molecule has 0 spiro atoms. The average molecular weight is 404 g/mol. The summed E-state index contributed by atoms with van der Waals surface area (Å²) in [6.07, 6.45) is 0.726. The number of hydrogen-bond acceptors (Lipinski definition) is 1. The minimum Gasteiger partial charge on any atom is -0.324 e. The van der Waals surface area contributed by atoms with Crippen LogP contribution in [0.15, 0.2) is 45.3 Å². The summed E-state index contributed by atoms with van der Waals surface area (Å²) in [6.45, 7) is 2.07. The van der Waals surface area contributed by atoms with E-state index in [4.69, 9.17) is 17.3 Å². The number of halogens is 3. The molecule has 0 aliphatic carbocycles. The van der Waals surface area contributed by atoms with E-state index in [9.17, 15) is 0 Å². The van der Waals surface area contributed by atoms with Crippen molar-refractivity contribution in [1.82, 2.24) is 0 Å². The third kappa shape index (κ3) is 3.60. The highest BCUT2D eigenvalue weighted by Crippen LogP contribution is 2.28. The fraction of sp³-hybridized carbons (Fsp3) is 0.200. The van der Waals surface area contributed by atoms with Crippen LogP contribution in [0, 0.1) is 6.92 Å². The van der Waals surface area contributed by atoms with E-state index in [1.807, 2.05) is 30.3 Å². The van der Waals surface area contributed by atoms with Crippen LogP contribution in [0.3, 0.4) is 0 Å². The van der Waals surface area contributed by atoms with E-state index >= 15 is 0 Å². The molecule has 1 nitrogen and oxygen atoms in total. The SMILES string of the molecule is Cc1c(Br)cccc1C(N)Cc1ccc(Br)cc1Cl. The Hall–Kier alpha value is -0.350. The number of rotatable bonds is 3. The van der Waals surface area contributed by atoms with Crippen LogP contribution in [0.2, 0.25) is 5.02 Å². The number of hydrogen-bond donors (Lipinski definition) is 1. The third-order valence-corrected chi connectivity index (χ3v) is 4.87. The van der Waals surface area contributed by atoms with Gasteiger partial charge in [-0.05, 0) is 48.2 Å². The molecule has 1 atom stereocenters. The molecule has 0 heterocycles. The Morgan fingerprint density at radius 2 is 1.95 bits per heavy atom. The maximum atomic E-state index is 6.31. The van der Waals surface area contributed by atoms with Crippen molar-refractivity contribution in [3.8, 4) is 0 Å². The molecular weight excluding hydrogens is 389 g/mol. The first kappa shape index (κ1) is 15.0. The molecule has 4 heteroatoms. The Labute approximate surface area is 135 Å². The second-order valence-corrected chi connectivity index (χ2v) is 6.68. The molecule has 19 heavy (non-hydrogen) atoms. The van der Waals surface area contributed by atoms with Gasteiger partial charge >= 0.3 is 0 Å². The van der Waals surface area contributed by atoms with Crippen LogP contribution in [0.1, 0.15) is 22.7 Å². The number of nitrogens with two attached hydrogens (primary N) is 1. The lowest BCUT2D eigenvalue weighted by Gasteiger charge is -2.16. The van der Waals surface area contributed by atoms with Crippen LogP contribution < -0.4 is 5.73 Å². The van der Waals surface area contributed by atoms with Gasteiger partial charge in [-0.15, -0.1) is 0 Å². The molecule has 2 aromatic rings. The lowest BCUT2D eigenvalue weighted by Crippen LogP contribution is -2.15. The first-order valence-electron chi connectivity index (χ1n) is 5.93. The monoisotopic (exact) mass is 401 g/mol. The summed E-state index contributed by atoms with van der Waals surface area (Å²) in [7, 11) is 0. The zero-order valence-electron chi connectivity index (χ0n) is 10.5. The Kier molecular flexibility index (Phi) is 5.07. The maximum absolute atomic E-state index is 6.31. The predicted octanol–water partition coefficient (Wildman–Crippen LogP) is 5.42. The molecule has 0 amide bonds. The van der Waals surface area contributed by atoms with E-state index in [1.165, 1.54) is 5.56 Å². The second kappa shape index (κ2) is 6.40. The average Bonchev–Trinajstić information content (AvgIpc) is 2.36. The molecule has 1 unspecified atom stereocenters. The van der Waals surface area contributed by atoms with Crippen LogP contribution in [-0.2, 0) is 6.42 Å². The fourth-order valence-electron chi connectivity index (χ4n) is 2.06. The standard InChI is InChI=1S/C15H14Br2ClN/c1-9-12(3-2-4-13(9)17)15(19)7-10-5-6-11(16)8-14(10)18/h2-6,8,15H,7,19H2,1H3. The van der Waals surface area contributed by atoms with Gasteiger partial charge < -0.3 is 5.73 Å². The molecule has 0 fully saturated rings. The molecule has 0 bridgehead atoms. The fourth-order valence-corrected chi connectivity index (χ4v) is 3.19. The predicted molar refractivity (Wildman–Crippen MR) is 88.7 cm³/mol. The van der Waals surface area contributed by atoms with E-state index in [0.717, 1.165) is 31.5 Å². The smallest absolute Gasteiger partial charge is 0.0449 e. The topological polar surface area (TPSA) is 26.0 Å². The zero-order valence-corrected chi connectivity index (χ0v) is 14.4. The maximum Gasteiger partial charge on any atom is 0.0449 e. The van der Waals surface area contributed by atoms with E-state index in [2.05, 4.69) is 44.8 Å². The lowest BCUT2D eigenvalue weighted by atomic mass is 9.96. The third-order valence-electron chi connectivity index (χ3n) is 3.16. The highest BCUT2D eigenvalue weighted by molar-refractivity contribution is 9.10. The highest BCUT2D eigenvalue weighted by Gasteiger charge is 2.13. The Morgan fingerprint density at radius 1 is 1.21 bits per heavy atom. The largest absolute Gasteiger partial charge is 0.324 e. The minimum absolute atomic E-state index is 0.0591. The van der Waals surface area contributed by atoms with E-state index in [0.29, 0.717) is 0 Å². The molecule has 0 aliphatic heterocycles. The van der Waals surface area contributed by atoms with Crippen molar-refractivity contribution in [3.05, 3.63) is 67.1 Å². The molecule has 2 aromatic carbocycles. The molecule has 0 radical (unpaired) electrons. The van der Waals surface area contributed by atoms with Crippen molar-refractivity contribution < 1.29 is 0 Å². The van der Waals surface area contributed by atoms with Crippen molar-refractivity contribution in [2.45, 2.75) is 19.4 Å². The van der Waals surface area contributed by atoms with E-state index in [1.54, 1.807) is 0 Å². The number of benzene rings is 2. The van der Waals surface area contributed by atoms with Gasteiger partial charge in [0.25, 0.3) is 0 Å². The summed E-state index contributed by atoms with van der Waals surface area (Å²) in [6, 6.07) is 11.9. The molecule has 0 aromatic heterocycles. The van der Waals surface area contributed by atoms with Crippen molar-refractivity contribution in [2.75, 3.05) is 0 Å². The van der Waals surface area contributed by atoms with Gasteiger partial charge in [0.15, 0.2) is 0 Å². The van der Waals surface area contributed by atoms with Gasteiger partial charge in [0, 0.05) is 20.0 Å². The Bertz CT molecular complexity index is 599. The first-order valence-corrected chi connectivity index (χ1v) is 7.90. The van der Waals surface area contributed by atoms with Crippen LogP contribution in [0.4, 0.5) is 0 Å². The van der Waals surface area contributed by atoms with Crippen LogP contribution >= 0.6 is 43.5 Å². The van der Waals surface area contributed by atoms with Crippen LogP contribution in [0.5, 0.6) is 0 Å².